The van der Waals surface area contributed by atoms with Crippen LogP contribution in [0.3, 0.4) is 0 Å². The molecule has 0 aromatic carbocycles. The van der Waals surface area contributed by atoms with E-state index in [1.807, 2.05) is 0 Å². The third-order valence-corrected chi connectivity index (χ3v) is 7.18. The van der Waals surface area contributed by atoms with E-state index < -0.39 is 95.9 Å². The summed E-state index contributed by atoms with van der Waals surface area (Å²) in [5.74, 6) is -4.78. The minimum absolute atomic E-state index is 0.219. The van der Waals surface area contributed by atoms with Crippen molar-refractivity contribution in [3.8, 4) is 0 Å². The Morgan fingerprint density at radius 1 is 0.867 bits per heavy atom. The number of alkyl carbamates (subject to hydrolysis) is 1. The fraction of sp³-hybridized carbons (Fsp3) is 0.750. The quantitative estimate of drug-likeness (QED) is 0.182. The number of hydrogen-bond donors (Lipinski definition) is 3. The SMILES string of the molecule is COC(=O)[C@@H](NC(=O)[C@H](CS[C@H]1O[C@H](COC(C)=O)[C@@H](OC(C)=O)[C@H](OC(C)=O)[C@H]1NC(C)=O)NC(=O)OC(C)(C)C)C(C)C. The van der Waals surface area contributed by atoms with Crippen LogP contribution in [0, 0.1) is 5.92 Å². The van der Waals surface area contributed by atoms with E-state index in [2.05, 4.69) is 16.0 Å². The molecule has 7 atom stereocenters. The molecule has 3 N–H and O–H groups in total. The molecule has 45 heavy (non-hydrogen) atoms. The fourth-order valence-electron chi connectivity index (χ4n) is 4.14. The maximum Gasteiger partial charge on any atom is 0.408 e. The van der Waals surface area contributed by atoms with Gasteiger partial charge in [0.2, 0.25) is 11.8 Å². The van der Waals surface area contributed by atoms with E-state index in [0.29, 0.717) is 0 Å². The van der Waals surface area contributed by atoms with Gasteiger partial charge in [0.15, 0.2) is 12.2 Å². The van der Waals surface area contributed by atoms with E-state index in [-0.39, 0.29) is 11.7 Å². The van der Waals surface area contributed by atoms with Crippen LogP contribution in [0.5, 0.6) is 0 Å². The molecule has 256 valence electrons. The molecule has 0 radical (unpaired) electrons. The Morgan fingerprint density at radius 3 is 1.91 bits per heavy atom. The van der Waals surface area contributed by atoms with Gasteiger partial charge in [-0.1, -0.05) is 13.8 Å². The molecule has 16 nitrogen and oxygen atoms in total. The lowest BCUT2D eigenvalue weighted by Gasteiger charge is -2.45. The van der Waals surface area contributed by atoms with Crippen molar-refractivity contribution >= 4 is 53.5 Å². The molecule has 0 unspecified atom stereocenters. The van der Waals surface area contributed by atoms with Crippen LogP contribution in [0.25, 0.3) is 0 Å². The van der Waals surface area contributed by atoms with Gasteiger partial charge in [0.1, 0.15) is 41.9 Å². The fourth-order valence-corrected chi connectivity index (χ4v) is 5.40. The summed E-state index contributed by atoms with van der Waals surface area (Å²) in [5.41, 5.74) is -2.01. The first-order chi connectivity index (χ1) is 20.7. The van der Waals surface area contributed by atoms with Gasteiger partial charge < -0.3 is 44.4 Å². The van der Waals surface area contributed by atoms with Gasteiger partial charge in [0.05, 0.1) is 7.11 Å². The number of carbonyl (C=O) groups is 7. The lowest BCUT2D eigenvalue weighted by Crippen LogP contribution is -2.65. The van der Waals surface area contributed by atoms with Crippen LogP contribution in [0.15, 0.2) is 0 Å². The van der Waals surface area contributed by atoms with Crippen LogP contribution in [0.1, 0.15) is 62.3 Å². The number of carbonyl (C=O) groups excluding carboxylic acids is 7. The molecule has 0 aromatic rings. The van der Waals surface area contributed by atoms with Gasteiger partial charge in [-0.25, -0.2) is 9.59 Å². The molecule has 0 bridgehead atoms. The molecule has 0 saturated carbocycles. The summed E-state index contributed by atoms with van der Waals surface area (Å²) in [7, 11) is 1.17. The number of ether oxygens (including phenoxy) is 6. The zero-order chi connectivity index (χ0) is 34.6. The van der Waals surface area contributed by atoms with Gasteiger partial charge in [0, 0.05) is 33.4 Å². The van der Waals surface area contributed by atoms with E-state index >= 15 is 0 Å². The summed E-state index contributed by atoms with van der Waals surface area (Å²) < 4.78 is 32.2. The molecular weight excluding hydrogens is 618 g/mol. The van der Waals surface area contributed by atoms with Gasteiger partial charge in [-0.3, -0.25) is 24.0 Å². The summed E-state index contributed by atoms with van der Waals surface area (Å²) in [4.78, 5) is 86.4. The van der Waals surface area contributed by atoms with Crippen molar-refractivity contribution in [1.29, 1.82) is 0 Å². The maximum absolute atomic E-state index is 13.4. The number of nitrogens with one attached hydrogen (secondary N) is 3. The summed E-state index contributed by atoms with van der Waals surface area (Å²) in [6.45, 7) is 12.5. The second kappa shape index (κ2) is 17.8. The number of thioether (sulfide) groups is 1. The maximum atomic E-state index is 13.4. The first kappa shape index (κ1) is 39.4. The molecule has 1 rings (SSSR count). The average molecular weight is 664 g/mol. The second-order valence-electron chi connectivity index (χ2n) is 11.5. The molecule has 1 heterocycles. The highest BCUT2D eigenvalue weighted by molar-refractivity contribution is 7.99. The summed E-state index contributed by atoms with van der Waals surface area (Å²) in [6, 6.07) is -3.50. The second-order valence-corrected chi connectivity index (χ2v) is 12.6. The Labute approximate surface area is 266 Å². The van der Waals surface area contributed by atoms with Gasteiger partial charge in [-0.2, -0.15) is 0 Å². The van der Waals surface area contributed by atoms with Crippen LogP contribution in [-0.2, 0) is 57.2 Å². The Bertz CT molecular complexity index is 1090. The molecule has 1 aliphatic rings. The average Bonchev–Trinajstić information content (AvgIpc) is 2.88. The summed E-state index contributed by atoms with van der Waals surface area (Å²) in [6.07, 6.45) is -4.70. The Kier molecular flexibility index (Phi) is 15.6. The standard InChI is InChI=1S/C28H45N3O13S/c1-13(2)20(25(37)39-10)31-24(36)18(30-27(38)44-28(7,8)9)12-45-26-21(29-14(3)32)23(42-17(6)35)22(41-16(5)34)19(43-26)11-40-15(4)33/h13,18-23,26H,11-12H2,1-10H3,(H,29,32)(H,30,38)(H,31,36)/t18-,19+,20-,21+,22+,23+,26+/m0/s1. The van der Waals surface area contributed by atoms with E-state index in [4.69, 9.17) is 28.4 Å². The predicted octanol–water partition coefficient (Wildman–Crippen LogP) is 0.583. The number of rotatable bonds is 13. The Morgan fingerprint density at radius 2 is 1.44 bits per heavy atom. The topological polar surface area (TPSA) is 211 Å². The Hall–Kier alpha value is -3.60. The molecule has 0 spiro atoms. The van der Waals surface area contributed by atoms with Crippen LogP contribution < -0.4 is 16.0 Å². The van der Waals surface area contributed by atoms with Gasteiger partial charge in [-0.05, 0) is 26.7 Å². The first-order valence-electron chi connectivity index (χ1n) is 14.1. The van der Waals surface area contributed by atoms with Crippen molar-refractivity contribution in [2.24, 2.45) is 5.92 Å². The third-order valence-electron chi connectivity index (χ3n) is 5.93. The van der Waals surface area contributed by atoms with E-state index in [1.165, 1.54) is 14.0 Å². The number of methoxy groups -OCH3 is 1. The normalized spacial score (nSPS) is 22.6. The highest BCUT2D eigenvalue weighted by Crippen LogP contribution is 2.33. The lowest BCUT2D eigenvalue weighted by molar-refractivity contribution is -0.211. The van der Waals surface area contributed by atoms with Crippen LogP contribution in [0.4, 0.5) is 4.79 Å². The van der Waals surface area contributed by atoms with Crippen LogP contribution in [-0.4, -0.2) is 109 Å². The number of hydrogen-bond acceptors (Lipinski definition) is 14. The molecule has 17 heteroatoms. The number of amides is 3. The molecule has 0 aromatic heterocycles. The van der Waals surface area contributed by atoms with E-state index in [9.17, 15) is 33.6 Å². The predicted molar refractivity (Wildman–Crippen MR) is 158 cm³/mol. The monoisotopic (exact) mass is 663 g/mol. The summed E-state index contributed by atoms with van der Waals surface area (Å²) in [5, 5.41) is 7.70. The largest absolute Gasteiger partial charge is 0.467 e. The smallest absolute Gasteiger partial charge is 0.408 e. The molecule has 1 fully saturated rings. The number of esters is 4. The first-order valence-corrected chi connectivity index (χ1v) is 15.2. The van der Waals surface area contributed by atoms with E-state index in [0.717, 1.165) is 32.5 Å². The van der Waals surface area contributed by atoms with E-state index in [1.54, 1.807) is 34.6 Å². The molecule has 1 saturated heterocycles. The zero-order valence-corrected chi connectivity index (χ0v) is 28.1. The Balaban J connectivity index is 3.49. The molecular formula is C28H45N3O13S. The van der Waals surface area contributed by atoms with Gasteiger partial charge in [-0.15, -0.1) is 11.8 Å². The minimum atomic E-state index is -1.32. The van der Waals surface area contributed by atoms with Crippen molar-refractivity contribution in [2.45, 2.75) is 110 Å². The van der Waals surface area contributed by atoms with Crippen molar-refractivity contribution in [3.63, 3.8) is 0 Å². The van der Waals surface area contributed by atoms with Crippen LogP contribution >= 0.6 is 11.8 Å². The van der Waals surface area contributed by atoms with Crippen molar-refractivity contribution in [1.82, 2.24) is 16.0 Å². The van der Waals surface area contributed by atoms with Crippen LogP contribution in [0.2, 0.25) is 0 Å². The van der Waals surface area contributed by atoms with Crippen molar-refractivity contribution < 1.29 is 62.0 Å². The molecule has 1 aliphatic heterocycles. The van der Waals surface area contributed by atoms with Gasteiger partial charge >= 0.3 is 30.0 Å². The third kappa shape index (κ3) is 13.9. The highest BCUT2D eigenvalue weighted by atomic mass is 32.2. The van der Waals surface area contributed by atoms with Crippen molar-refractivity contribution in [3.05, 3.63) is 0 Å². The summed E-state index contributed by atoms with van der Waals surface area (Å²) >= 11 is 0.927. The molecule has 3 amide bonds. The lowest BCUT2D eigenvalue weighted by atomic mass is 9.97. The zero-order valence-electron chi connectivity index (χ0n) is 27.2. The minimum Gasteiger partial charge on any atom is -0.467 e. The molecule has 0 aliphatic carbocycles. The van der Waals surface area contributed by atoms with Crippen molar-refractivity contribution in [2.75, 3.05) is 19.5 Å². The van der Waals surface area contributed by atoms with Gasteiger partial charge in [0.25, 0.3) is 0 Å². The highest BCUT2D eigenvalue weighted by Gasteiger charge is 2.51.